The van der Waals surface area contributed by atoms with E-state index in [4.69, 9.17) is 0 Å². The minimum atomic E-state index is 0.300. The molecule has 1 aliphatic carbocycles. The monoisotopic (exact) mass is 243 g/mol. The van der Waals surface area contributed by atoms with Gasteiger partial charge >= 0.3 is 0 Å². The summed E-state index contributed by atoms with van der Waals surface area (Å²) in [5.41, 5.74) is 1.68. The third-order valence-electron chi connectivity index (χ3n) is 4.11. The number of benzene rings is 1. The molecule has 1 aromatic carbocycles. The van der Waals surface area contributed by atoms with Crippen molar-refractivity contribution in [1.82, 2.24) is 5.32 Å². The fourth-order valence-corrected chi connectivity index (χ4v) is 3.02. The van der Waals surface area contributed by atoms with Crippen molar-refractivity contribution in [3.63, 3.8) is 0 Å². The second-order valence-electron chi connectivity index (χ2n) is 5.53. The van der Waals surface area contributed by atoms with Crippen LogP contribution in [0.2, 0.25) is 0 Å². The molecule has 18 heavy (non-hydrogen) atoms. The zero-order valence-electron chi connectivity index (χ0n) is 11.3. The van der Waals surface area contributed by atoms with Gasteiger partial charge in [-0.2, -0.15) is 0 Å². The second-order valence-corrected chi connectivity index (χ2v) is 5.53. The van der Waals surface area contributed by atoms with Crippen molar-refractivity contribution in [1.29, 1.82) is 0 Å². The molecule has 0 unspecified atom stereocenters. The van der Waals surface area contributed by atoms with E-state index in [2.05, 4.69) is 48.3 Å². The second kappa shape index (κ2) is 6.75. The van der Waals surface area contributed by atoms with Crippen molar-refractivity contribution in [3.05, 3.63) is 48.6 Å². The molecule has 1 nitrogen and oxygen atoms in total. The van der Waals surface area contributed by atoms with Crippen molar-refractivity contribution in [2.45, 2.75) is 57.0 Å². The van der Waals surface area contributed by atoms with Gasteiger partial charge in [0.15, 0.2) is 0 Å². The van der Waals surface area contributed by atoms with Crippen LogP contribution in [-0.4, -0.2) is 5.54 Å². The molecule has 0 bridgehead atoms. The van der Waals surface area contributed by atoms with Gasteiger partial charge in [-0.25, -0.2) is 0 Å². The molecule has 1 aliphatic rings. The maximum atomic E-state index is 3.95. The first-order valence-electron chi connectivity index (χ1n) is 7.24. The van der Waals surface area contributed by atoms with E-state index in [1.165, 1.54) is 44.1 Å². The molecular weight excluding hydrogens is 218 g/mol. The SMILES string of the molecule is C=CCC1(NCc2ccccc2)CCCCCC1. The van der Waals surface area contributed by atoms with Crippen LogP contribution in [-0.2, 0) is 6.54 Å². The summed E-state index contributed by atoms with van der Waals surface area (Å²) in [6.07, 6.45) is 11.3. The van der Waals surface area contributed by atoms with Crippen LogP contribution in [0.1, 0.15) is 50.5 Å². The lowest BCUT2D eigenvalue weighted by Crippen LogP contribution is -2.43. The van der Waals surface area contributed by atoms with Gasteiger partial charge in [0.1, 0.15) is 0 Å². The summed E-state index contributed by atoms with van der Waals surface area (Å²) in [6.45, 7) is 4.93. The van der Waals surface area contributed by atoms with Gasteiger partial charge in [0.2, 0.25) is 0 Å². The van der Waals surface area contributed by atoms with Crippen LogP contribution in [0.25, 0.3) is 0 Å². The molecule has 1 saturated carbocycles. The van der Waals surface area contributed by atoms with Gasteiger partial charge < -0.3 is 5.32 Å². The summed E-state index contributed by atoms with van der Waals surface area (Å²) in [7, 11) is 0. The third kappa shape index (κ3) is 3.71. The number of nitrogens with one attached hydrogen (secondary N) is 1. The number of hydrogen-bond acceptors (Lipinski definition) is 1. The lowest BCUT2D eigenvalue weighted by atomic mass is 9.86. The van der Waals surface area contributed by atoms with Gasteiger partial charge in [-0.05, 0) is 24.8 Å². The van der Waals surface area contributed by atoms with Gasteiger partial charge in [0.05, 0.1) is 0 Å². The summed E-state index contributed by atoms with van der Waals surface area (Å²) in [4.78, 5) is 0. The highest BCUT2D eigenvalue weighted by molar-refractivity contribution is 5.15. The molecule has 98 valence electrons. The van der Waals surface area contributed by atoms with Crippen molar-refractivity contribution in [2.24, 2.45) is 0 Å². The van der Waals surface area contributed by atoms with Crippen molar-refractivity contribution in [3.8, 4) is 0 Å². The molecule has 0 heterocycles. The minimum absolute atomic E-state index is 0.300. The summed E-state index contributed by atoms with van der Waals surface area (Å²) in [6, 6.07) is 10.7. The highest BCUT2D eigenvalue weighted by Gasteiger charge is 2.28. The van der Waals surface area contributed by atoms with Crippen molar-refractivity contribution < 1.29 is 0 Å². The predicted octanol–water partition coefficient (Wildman–Crippen LogP) is 4.45. The fourth-order valence-electron chi connectivity index (χ4n) is 3.02. The molecular formula is C17H25N. The van der Waals surface area contributed by atoms with Crippen molar-refractivity contribution in [2.75, 3.05) is 0 Å². The molecule has 1 N–H and O–H groups in total. The van der Waals surface area contributed by atoms with Gasteiger partial charge in [-0.15, -0.1) is 6.58 Å². The summed E-state index contributed by atoms with van der Waals surface area (Å²) < 4.78 is 0. The molecule has 0 aliphatic heterocycles. The molecule has 0 radical (unpaired) electrons. The topological polar surface area (TPSA) is 12.0 Å². The zero-order chi connectivity index (χ0) is 12.7. The molecule has 1 heteroatoms. The fraction of sp³-hybridized carbons (Fsp3) is 0.529. The van der Waals surface area contributed by atoms with Crippen LogP contribution in [0.5, 0.6) is 0 Å². The summed E-state index contributed by atoms with van der Waals surface area (Å²) in [5, 5.41) is 3.82. The maximum absolute atomic E-state index is 3.95. The lowest BCUT2D eigenvalue weighted by Gasteiger charge is -2.33. The highest BCUT2D eigenvalue weighted by atomic mass is 15.0. The lowest BCUT2D eigenvalue weighted by molar-refractivity contribution is 0.284. The third-order valence-corrected chi connectivity index (χ3v) is 4.11. The van der Waals surface area contributed by atoms with Crippen molar-refractivity contribution >= 4 is 0 Å². The molecule has 0 atom stereocenters. The first kappa shape index (κ1) is 13.4. The van der Waals surface area contributed by atoms with E-state index in [0.29, 0.717) is 5.54 Å². The van der Waals surface area contributed by atoms with Crippen LogP contribution in [0.3, 0.4) is 0 Å². The van der Waals surface area contributed by atoms with Gasteiger partial charge in [0.25, 0.3) is 0 Å². The summed E-state index contributed by atoms with van der Waals surface area (Å²) >= 11 is 0. The Labute approximate surface area is 111 Å². The standard InChI is InChI=1S/C17H25N/c1-2-12-17(13-8-3-4-9-14-17)18-15-16-10-6-5-7-11-16/h2,5-7,10-11,18H,1,3-4,8-9,12-15H2. The van der Waals surface area contributed by atoms with E-state index in [1.54, 1.807) is 0 Å². The molecule has 0 aromatic heterocycles. The highest BCUT2D eigenvalue weighted by Crippen LogP contribution is 2.30. The van der Waals surface area contributed by atoms with Crippen LogP contribution >= 0.6 is 0 Å². The molecule has 2 rings (SSSR count). The van der Waals surface area contributed by atoms with E-state index >= 15 is 0 Å². The van der Waals surface area contributed by atoms with Gasteiger partial charge in [0, 0.05) is 12.1 Å². The van der Waals surface area contributed by atoms with E-state index in [9.17, 15) is 0 Å². The predicted molar refractivity (Wildman–Crippen MR) is 78.5 cm³/mol. The van der Waals surface area contributed by atoms with Gasteiger partial charge in [-0.1, -0.05) is 62.1 Å². The number of rotatable bonds is 5. The van der Waals surface area contributed by atoms with Crippen LogP contribution in [0.15, 0.2) is 43.0 Å². The normalized spacial score (nSPS) is 19.1. The molecule has 1 aromatic rings. The quantitative estimate of drug-likeness (QED) is 0.595. The van der Waals surface area contributed by atoms with E-state index < -0.39 is 0 Å². The Morgan fingerprint density at radius 1 is 1.06 bits per heavy atom. The summed E-state index contributed by atoms with van der Waals surface area (Å²) in [5.74, 6) is 0. The first-order valence-corrected chi connectivity index (χ1v) is 7.24. The molecule has 1 fully saturated rings. The Morgan fingerprint density at radius 2 is 1.72 bits per heavy atom. The van der Waals surface area contributed by atoms with E-state index in [1.807, 2.05) is 0 Å². The molecule has 0 saturated heterocycles. The Hall–Kier alpha value is -1.08. The zero-order valence-corrected chi connectivity index (χ0v) is 11.3. The van der Waals surface area contributed by atoms with Crippen LogP contribution in [0, 0.1) is 0 Å². The Balaban J connectivity index is 1.98. The molecule has 0 spiro atoms. The minimum Gasteiger partial charge on any atom is -0.307 e. The van der Waals surface area contributed by atoms with Crippen LogP contribution in [0.4, 0.5) is 0 Å². The Morgan fingerprint density at radius 3 is 2.33 bits per heavy atom. The average Bonchev–Trinajstić information content (AvgIpc) is 2.64. The maximum Gasteiger partial charge on any atom is 0.0219 e. The van der Waals surface area contributed by atoms with Crippen LogP contribution < -0.4 is 5.32 Å². The molecule has 0 amide bonds. The average molecular weight is 243 g/mol. The van der Waals surface area contributed by atoms with E-state index in [0.717, 1.165) is 13.0 Å². The van der Waals surface area contributed by atoms with Gasteiger partial charge in [-0.3, -0.25) is 0 Å². The first-order chi connectivity index (χ1) is 8.85. The largest absolute Gasteiger partial charge is 0.307 e. The number of hydrogen-bond donors (Lipinski definition) is 1. The Bertz CT molecular complexity index is 347. The van der Waals surface area contributed by atoms with E-state index in [-0.39, 0.29) is 0 Å². The Kier molecular flexibility index (Phi) is 5.00. The smallest absolute Gasteiger partial charge is 0.0219 e.